The molecule has 0 radical (unpaired) electrons. The standard InChI is InChI=1S/C19H32N2O2/c1-5-8-23-19-10-16(6-7-18(19)22-4)17(11-20)21-12-14(2)9-15(3)13-21/h6-7,10,14-15,17H,5,8-9,11-13,20H2,1-4H3. The van der Waals surface area contributed by atoms with Gasteiger partial charge in [-0.25, -0.2) is 0 Å². The fraction of sp³-hybridized carbons (Fsp3) is 0.684. The minimum absolute atomic E-state index is 0.245. The first kappa shape index (κ1) is 18.1. The maximum atomic E-state index is 6.13. The predicted molar refractivity (Wildman–Crippen MR) is 95.1 cm³/mol. The summed E-state index contributed by atoms with van der Waals surface area (Å²) in [4.78, 5) is 2.53. The molecule has 0 aromatic heterocycles. The molecule has 2 N–H and O–H groups in total. The number of nitrogens with zero attached hydrogens (tertiary/aromatic N) is 1. The molecule has 1 fully saturated rings. The monoisotopic (exact) mass is 320 g/mol. The molecular weight excluding hydrogens is 288 g/mol. The number of nitrogens with two attached hydrogens (primary N) is 1. The van der Waals surface area contributed by atoms with Crippen LogP contribution in [0.4, 0.5) is 0 Å². The number of hydrogen-bond donors (Lipinski definition) is 1. The molecule has 3 unspecified atom stereocenters. The Balaban J connectivity index is 2.22. The van der Waals surface area contributed by atoms with E-state index in [1.165, 1.54) is 12.0 Å². The number of benzene rings is 1. The SMILES string of the molecule is CCCOc1cc(C(CN)N2CC(C)CC(C)C2)ccc1OC. The van der Waals surface area contributed by atoms with Crippen LogP contribution in [0.25, 0.3) is 0 Å². The third kappa shape index (κ3) is 4.61. The first-order chi connectivity index (χ1) is 11.1. The van der Waals surface area contributed by atoms with E-state index in [-0.39, 0.29) is 6.04 Å². The van der Waals surface area contributed by atoms with Gasteiger partial charge in [-0.05, 0) is 42.4 Å². The van der Waals surface area contributed by atoms with Crippen LogP contribution in [0, 0.1) is 11.8 Å². The van der Waals surface area contributed by atoms with Gasteiger partial charge in [-0.3, -0.25) is 4.90 Å². The van der Waals surface area contributed by atoms with E-state index in [0.717, 1.165) is 42.8 Å². The molecule has 1 heterocycles. The molecule has 4 heteroatoms. The summed E-state index contributed by atoms with van der Waals surface area (Å²) in [5.41, 5.74) is 7.36. The molecule has 130 valence electrons. The van der Waals surface area contributed by atoms with Crippen LogP contribution >= 0.6 is 0 Å². The van der Waals surface area contributed by atoms with Crippen molar-refractivity contribution in [2.24, 2.45) is 17.6 Å². The van der Waals surface area contributed by atoms with Crippen LogP contribution in [0.15, 0.2) is 18.2 Å². The average Bonchev–Trinajstić information content (AvgIpc) is 2.53. The van der Waals surface area contributed by atoms with Gasteiger partial charge in [0.05, 0.1) is 13.7 Å². The van der Waals surface area contributed by atoms with Crippen molar-refractivity contribution in [2.45, 2.75) is 39.7 Å². The molecule has 0 saturated carbocycles. The minimum atomic E-state index is 0.245. The van der Waals surface area contributed by atoms with E-state index < -0.39 is 0 Å². The smallest absolute Gasteiger partial charge is 0.161 e. The number of hydrogen-bond acceptors (Lipinski definition) is 4. The molecule has 2 rings (SSSR count). The molecular formula is C19H32N2O2. The summed E-state index contributed by atoms with van der Waals surface area (Å²) in [6.07, 6.45) is 2.29. The lowest BCUT2D eigenvalue weighted by atomic mass is 9.89. The van der Waals surface area contributed by atoms with E-state index in [4.69, 9.17) is 15.2 Å². The van der Waals surface area contributed by atoms with Gasteiger partial charge in [-0.15, -0.1) is 0 Å². The highest BCUT2D eigenvalue weighted by molar-refractivity contribution is 5.44. The highest BCUT2D eigenvalue weighted by Crippen LogP contribution is 2.34. The van der Waals surface area contributed by atoms with Crippen LogP contribution in [0.5, 0.6) is 11.5 Å². The van der Waals surface area contributed by atoms with Gasteiger partial charge >= 0.3 is 0 Å². The van der Waals surface area contributed by atoms with Crippen molar-refractivity contribution in [1.82, 2.24) is 4.90 Å². The molecule has 4 nitrogen and oxygen atoms in total. The van der Waals surface area contributed by atoms with Crippen molar-refractivity contribution in [1.29, 1.82) is 0 Å². The maximum absolute atomic E-state index is 6.13. The summed E-state index contributed by atoms with van der Waals surface area (Å²) in [6, 6.07) is 6.48. The van der Waals surface area contributed by atoms with E-state index in [1.54, 1.807) is 7.11 Å². The van der Waals surface area contributed by atoms with Gasteiger partial charge in [0.25, 0.3) is 0 Å². The average molecular weight is 320 g/mol. The van der Waals surface area contributed by atoms with Crippen LogP contribution in [0.3, 0.4) is 0 Å². The van der Waals surface area contributed by atoms with Gasteiger partial charge < -0.3 is 15.2 Å². The quantitative estimate of drug-likeness (QED) is 0.836. The second kappa shape index (κ2) is 8.55. The lowest BCUT2D eigenvalue weighted by Gasteiger charge is -2.40. The minimum Gasteiger partial charge on any atom is -0.493 e. The summed E-state index contributed by atoms with van der Waals surface area (Å²) in [6.45, 7) is 10.3. The van der Waals surface area contributed by atoms with Crippen molar-refractivity contribution in [3.8, 4) is 11.5 Å². The Hall–Kier alpha value is -1.26. The zero-order valence-corrected chi connectivity index (χ0v) is 15.0. The van der Waals surface area contributed by atoms with Crippen LogP contribution in [0.1, 0.15) is 45.2 Å². The molecule has 1 aromatic carbocycles. The number of piperidine rings is 1. The fourth-order valence-electron chi connectivity index (χ4n) is 3.69. The Kier molecular flexibility index (Phi) is 6.72. The second-order valence-electron chi connectivity index (χ2n) is 6.91. The predicted octanol–water partition coefficient (Wildman–Crippen LogP) is 3.46. The first-order valence-electron chi connectivity index (χ1n) is 8.83. The molecule has 0 aliphatic carbocycles. The van der Waals surface area contributed by atoms with Gasteiger partial charge in [-0.2, -0.15) is 0 Å². The molecule has 1 saturated heterocycles. The van der Waals surface area contributed by atoms with E-state index in [0.29, 0.717) is 13.2 Å². The van der Waals surface area contributed by atoms with E-state index in [9.17, 15) is 0 Å². The van der Waals surface area contributed by atoms with Gasteiger partial charge in [0, 0.05) is 25.7 Å². The molecule has 0 spiro atoms. The van der Waals surface area contributed by atoms with Crippen molar-refractivity contribution >= 4 is 0 Å². The highest BCUT2D eigenvalue weighted by atomic mass is 16.5. The van der Waals surface area contributed by atoms with E-state index >= 15 is 0 Å². The molecule has 0 amide bonds. The maximum Gasteiger partial charge on any atom is 0.161 e. The van der Waals surface area contributed by atoms with E-state index in [2.05, 4.69) is 37.8 Å². The first-order valence-corrected chi connectivity index (χ1v) is 8.83. The van der Waals surface area contributed by atoms with Crippen molar-refractivity contribution in [3.05, 3.63) is 23.8 Å². The second-order valence-corrected chi connectivity index (χ2v) is 6.91. The largest absolute Gasteiger partial charge is 0.493 e. The van der Waals surface area contributed by atoms with Crippen LogP contribution in [0.2, 0.25) is 0 Å². The number of ether oxygens (including phenoxy) is 2. The Morgan fingerprint density at radius 3 is 2.48 bits per heavy atom. The summed E-state index contributed by atoms with van der Waals surface area (Å²) in [5.74, 6) is 3.06. The lowest BCUT2D eigenvalue weighted by Crippen LogP contribution is -2.43. The summed E-state index contributed by atoms with van der Waals surface area (Å²) < 4.78 is 11.3. The van der Waals surface area contributed by atoms with Crippen molar-refractivity contribution in [2.75, 3.05) is 33.4 Å². The zero-order chi connectivity index (χ0) is 16.8. The third-order valence-electron chi connectivity index (χ3n) is 4.60. The Labute approximate surface area is 140 Å². The highest BCUT2D eigenvalue weighted by Gasteiger charge is 2.28. The summed E-state index contributed by atoms with van der Waals surface area (Å²) in [5, 5.41) is 0. The number of methoxy groups -OCH3 is 1. The molecule has 1 aliphatic heterocycles. The van der Waals surface area contributed by atoms with Crippen molar-refractivity contribution < 1.29 is 9.47 Å². The Bertz CT molecular complexity index is 482. The van der Waals surface area contributed by atoms with Gasteiger partial charge in [0.1, 0.15) is 0 Å². The molecule has 0 bridgehead atoms. The Morgan fingerprint density at radius 1 is 1.22 bits per heavy atom. The van der Waals surface area contributed by atoms with Crippen LogP contribution in [-0.2, 0) is 0 Å². The van der Waals surface area contributed by atoms with Crippen LogP contribution in [-0.4, -0.2) is 38.3 Å². The molecule has 23 heavy (non-hydrogen) atoms. The van der Waals surface area contributed by atoms with Gasteiger partial charge in [0.15, 0.2) is 11.5 Å². The van der Waals surface area contributed by atoms with Crippen molar-refractivity contribution in [3.63, 3.8) is 0 Å². The molecule has 1 aliphatic rings. The van der Waals surface area contributed by atoms with Gasteiger partial charge in [0.2, 0.25) is 0 Å². The topological polar surface area (TPSA) is 47.7 Å². The molecule has 1 aromatic rings. The molecule has 3 atom stereocenters. The Morgan fingerprint density at radius 2 is 1.91 bits per heavy atom. The van der Waals surface area contributed by atoms with Gasteiger partial charge in [-0.1, -0.05) is 26.8 Å². The van der Waals surface area contributed by atoms with Crippen LogP contribution < -0.4 is 15.2 Å². The number of rotatable bonds is 7. The zero-order valence-electron chi connectivity index (χ0n) is 15.0. The number of likely N-dealkylation sites (tertiary alicyclic amines) is 1. The van der Waals surface area contributed by atoms with E-state index in [1.807, 2.05) is 6.07 Å². The third-order valence-corrected chi connectivity index (χ3v) is 4.60. The summed E-state index contributed by atoms with van der Waals surface area (Å²) in [7, 11) is 1.68. The summed E-state index contributed by atoms with van der Waals surface area (Å²) >= 11 is 0. The lowest BCUT2D eigenvalue weighted by molar-refractivity contribution is 0.0982. The fourth-order valence-corrected chi connectivity index (χ4v) is 3.69. The normalized spacial score (nSPS) is 23.5.